The van der Waals surface area contributed by atoms with Gasteiger partial charge in [0.1, 0.15) is 0 Å². The second-order valence-corrected chi connectivity index (χ2v) is 4.91. The molecule has 0 heterocycles. The molecule has 1 rings (SSSR count). The Kier molecular flexibility index (Phi) is 6.09. The summed E-state index contributed by atoms with van der Waals surface area (Å²) >= 11 is -0.327. The van der Waals surface area contributed by atoms with Crippen LogP contribution in [0.15, 0.2) is 41.8 Å². The van der Waals surface area contributed by atoms with Crippen LogP contribution >= 0.6 is 11.8 Å². The Morgan fingerprint density at radius 3 is 2.60 bits per heavy atom. The zero-order valence-electron chi connectivity index (χ0n) is 10.6. The SMILES string of the molecule is C=CCN(CCO)C(=O)c1ccccc1SC(F)(F)F. The Bertz CT molecular complexity index is 477. The predicted octanol–water partition coefficient (Wildman–Crippen LogP) is 2.92. The number of nitrogens with zero attached hydrogens (tertiary/aromatic N) is 1. The first kappa shape index (κ1) is 16.6. The summed E-state index contributed by atoms with van der Waals surface area (Å²) in [7, 11) is 0. The molecule has 0 bridgehead atoms. The molecule has 3 nitrogen and oxygen atoms in total. The molecule has 0 atom stereocenters. The molecule has 0 spiro atoms. The lowest BCUT2D eigenvalue weighted by atomic mass is 10.2. The third kappa shape index (κ3) is 4.90. The van der Waals surface area contributed by atoms with Crippen LogP contribution in [-0.4, -0.2) is 41.1 Å². The molecule has 0 aliphatic carbocycles. The second-order valence-electron chi connectivity index (χ2n) is 3.81. The van der Waals surface area contributed by atoms with Crippen molar-refractivity contribution in [3.63, 3.8) is 0 Å². The van der Waals surface area contributed by atoms with Crippen molar-refractivity contribution in [2.75, 3.05) is 19.7 Å². The number of carbonyl (C=O) groups is 1. The summed E-state index contributed by atoms with van der Waals surface area (Å²) in [5.74, 6) is -0.564. The molecule has 0 saturated carbocycles. The van der Waals surface area contributed by atoms with Crippen molar-refractivity contribution >= 4 is 17.7 Å². The second kappa shape index (κ2) is 7.35. The lowest BCUT2D eigenvalue weighted by Gasteiger charge is -2.21. The van der Waals surface area contributed by atoms with Crippen molar-refractivity contribution < 1.29 is 23.1 Å². The number of amides is 1. The van der Waals surface area contributed by atoms with E-state index in [-0.39, 0.29) is 41.9 Å². The molecule has 7 heteroatoms. The van der Waals surface area contributed by atoms with Gasteiger partial charge in [0.2, 0.25) is 0 Å². The van der Waals surface area contributed by atoms with Crippen LogP contribution < -0.4 is 0 Å². The van der Waals surface area contributed by atoms with Crippen LogP contribution in [-0.2, 0) is 0 Å². The van der Waals surface area contributed by atoms with Crippen molar-refractivity contribution in [2.45, 2.75) is 10.4 Å². The van der Waals surface area contributed by atoms with Crippen molar-refractivity contribution in [3.05, 3.63) is 42.5 Å². The number of halogens is 3. The van der Waals surface area contributed by atoms with Gasteiger partial charge in [0.05, 0.1) is 12.2 Å². The lowest BCUT2D eigenvalue weighted by Crippen LogP contribution is -2.34. The molecule has 1 N–H and O–H groups in total. The third-order valence-corrected chi connectivity index (χ3v) is 3.16. The number of benzene rings is 1. The molecule has 0 aliphatic heterocycles. The normalized spacial score (nSPS) is 11.2. The molecule has 1 aromatic rings. The highest BCUT2D eigenvalue weighted by Gasteiger charge is 2.31. The first-order valence-corrected chi connectivity index (χ1v) is 6.56. The van der Waals surface area contributed by atoms with Gasteiger partial charge in [-0.3, -0.25) is 4.79 Å². The number of carbonyl (C=O) groups excluding carboxylic acids is 1. The van der Waals surface area contributed by atoms with E-state index in [4.69, 9.17) is 5.11 Å². The lowest BCUT2D eigenvalue weighted by molar-refractivity contribution is -0.0328. The summed E-state index contributed by atoms with van der Waals surface area (Å²) in [5.41, 5.74) is -4.50. The topological polar surface area (TPSA) is 40.5 Å². The van der Waals surface area contributed by atoms with Crippen LogP contribution in [0.2, 0.25) is 0 Å². The van der Waals surface area contributed by atoms with E-state index in [0.717, 1.165) is 0 Å². The number of hydrogen-bond acceptors (Lipinski definition) is 3. The molecule has 0 radical (unpaired) electrons. The van der Waals surface area contributed by atoms with E-state index in [0.29, 0.717) is 0 Å². The molecular weight excluding hydrogens is 291 g/mol. The molecule has 1 amide bonds. The van der Waals surface area contributed by atoms with Crippen LogP contribution in [0.4, 0.5) is 13.2 Å². The fourth-order valence-electron chi connectivity index (χ4n) is 1.58. The van der Waals surface area contributed by atoms with E-state index in [1.807, 2.05) is 0 Å². The van der Waals surface area contributed by atoms with Crippen LogP contribution in [0.25, 0.3) is 0 Å². The number of hydrogen-bond donors (Lipinski definition) is 1. The highest BCUT2D eigenvalue weighted by Crippen LogP contribution is 2.38. The van der Waals surface area contributed by atoms with E-state index in [9.17, 15) is 18.0 Å². The van der Waals surface area contributed by atoms with E-state index < -0.39 is 11.4 Å². The number of thioether (sulfide) groups is 1. The van der Waals surface area contributed by atoms with E-state index in [1.165, 1.54) is 35.2 Å². The summed E-state index contributed by atoms with van der Waals surface area (Å²) in [4.78, 5) is 13.3. The van der Waals surface area contributed by atoms with Gasteiger partial charge in [-0.15, -0.1) is 6.58 Å². The average Bonchev–Trinajstić information content (AvgIpc) is 2.36. The van der Waals surface area contributed by atoms with Crippen molar-refractivity contribution in [1.29, 1.82) is 0 Å². The van der Waals surface area contributed by atoms with E-state index in [2.05, 4.69) is 6.58 Å². The van der Waals surface area contributed by atoms with Crippen molar-refractivity contribution in [3.8, 4) is 0 Å². The molecule has 1 aromatic carbocycles. The van der Waals surface area contributed by atoms with Gasteiger partial charge in [0.25, 0.3) is 5.91 Å². The van der Waals surface area contributed by atoms with Crippen LogP contribution in [0.5, 0.6) is 0 Å². The minimum atomic E-state index is -4.46. The highest BCUT2D eigenvalue weighted by atomic mass is 32.2. The smallest absolute Gasteiger partial charge is 0.395 e. The third-order valence-electron chi connectivity index (χ3n) is 2.35. The van der Waals surface area contributed by atoms with Gasteiger partial charge in [-0.25, -0.2) is 0 Å². The van der Waals surface area contributed by atoms with Gasteiger partial charge in [-0.1, -0.05) is 18.2 Å². The highest BCUT2D eigenvalue weighted by molar-refractivity contribution is 8.00. The zero-order valence-corrected chi connectivity index (χ0v) is 11.4. The average molecular weight is 305 g/mol. The quantitative estimate of drug-likeness (QED) is 0.649. The van der Waals surface area contributed by atoms with Crippen LogP contribution in [0, 0.1) is 0 Å². The van der Waals surface area contributed by atoms with Gasteiger partial charge >= 0.3 is 5.51 Å². The zero-order chi connectivity index (χ0) is 15.2. The molecule has 0 fully saturated rings. The standard InChI is InChI=1S/C13H14F3NO2S/c1-2-7-17(8-9-18)12(19)10-5-3-4-6-11(10)20-13(14,15)16/h2-6,18H,1,7-9H2. The summed E-state index contributed by atoms with van der Waals surface area (Å²) in [6.45, 7) is 3.40. The van der Waals surface area contributed by atoms with Crippen LogP contribution in [0.3, 0.4) is 0 Å². The first-order chi connectivity index (χ1) is 9.39. The maximum atomic E-state index is 12.5. The predicted molar refractivity (Wildman–Crippen MR) is 71.5 cm³/mol. The number of aliphatic hydroxyl groups excluding tert-OH is 1. The van der Waals surface area contributed by atoms with Crippen molar-refractivity contribution in [1.82, 2.24) is 4.90 Å². The minimum Gasteiger partial charge on any atom is -0.395 e. The molecular formula is C13H14F3NO2S. The molecule has 20 heavy (non-hydrogen) atoms. The van der Waals surface area contributed by atoms with Gasteiger partial charge in [0.15, 0.2) is 0 Å². The van der Waals surface area contributed by atoms with Gasteiger partial charge < -0.3 is 10.0 Å². The van der Waals surface area contributed by atoms with Crippen molar-refractivity contribution in [2.24, 2.45) is 0 Å². The summed E-state index contributed by atoms with van der Waals surface area (Å²) in [5, 5.41) is 8.90. The minimum absolute atomic E-state index is 0.0369. The summed E-state index contributed by atoms with van der Waals surface area (Å²) in [6, 6.07) is 5.52. The molecule has 110 valence electrons. The fourth-order valence-corrected chi connectivity index (χ4v) is 2.24. The molecule has 0 saturated heterocycles. The largest absolute Gasteiger partial charge is 0.446 e. The monoisotopic (exact) mass is 305 g/mol. The van der Waals surface area contributed by atoms with E-state index in [1.54, 1.807) is 0 Å². The maximum Gasteiger partial charge on any atom is 0.446 e. The number of alkyl halides is 3. The molecule has 0 aliphatic rings. The first-order valence-electron chi connectivity index (χ1n) is 5.75. The Morgan fingerprint density at radius 1 is 1.40 bits per heavy atom. The fraction of sp³-hybridized carbons (Fsp3) is 0.308. The Labute approximate surface area is 119 Å². The maximum absolute atomic E-state index is 12.5. The summed E-state index contributed by atoms with van der Waals surface area (Å²) < 4.78 is 37.4. The van der Waals surface area contributed by atoms with Gasteiger partial charge in [-0.05, 0) is 23.9 Å². The Balaban J connectivity index is 3.04. The van der Waals surface area contributed by atoms with Crippen LogP contribution in [0.1, 0.15) is 10.4 Å². The van der Waals surface area contributed by atoms with Gasteiger partial charge in [0, 0.05) is 18.0 Å². The number of aliphatic hydroxyl groups is 1. The Hall–Kier alpha value is -1.47. The van der Waals surface area contributed by atoms with Gasteiger partial charge in [-0.2, -0.15) is 13.2 Å². The van der Waals surface area contributed by atoms with E-state index >= 15 is 0 Å². The summed E-state index contributed by atoms with van der Waals surface area (Å²) in [6.07, 6.45) is 1.45. The molecule has 0 aromatic heterocycles. The number of rotatable bonds is 6. The molecule has 0 unspecified atom stereocenters. The Morgan fingerprint density at radius 2 is 2.05 bits per heavy atom.